The van der Waals surface area contributed by atoms with Crippen LogP contribution >= 0.6 is 0 Å². The lowest BCUT2D eigenvalue weighted by molar-refractivity contribution is 0.00578. The van der Waals surface area contributed by atoms with Gasteiger partial charge in [0.15, 0.2) is 0 Å². The van der Waals surface area contributed by atoms with Crippen LogP contribution in [0.4, 0.5) is 0 Å². The van der Waals surface area contributed by atoms with Gasteiger partial charge in [-0.3, -0.25) is 0 Å². The van der Waals surface area contributed by atoms with Crippen LogP contribution in [0, 0.1) is 6.85 Å². The molecule has 0 aliphatic carbocycles. The van der Waals surface area contributed by atoms with E-state index in [4.69, 9.17) is 13.4 Å². The van der Waals surface area contributed by atoms with Crippen LogP contribution < -0.4 is 5.46 Å². The van der Waals surface area contributed by atoms with Gasteiger partial charge in [0, 0.05) is 22.0 Å². The third-order valence-electron chi connectivity index (χ3n) is 3.20. The van der Waals surface area contributed by atoms with E-state index in [0.717, 1.165) is 0 Å². The lowest BCUT2D eigenvalue weighted by Crippen LogP contribution is -2.41. The van der Waals surface area contributed by atoms with Crippen LogP contribution in [0.15, 0.2) is 12.4 Å². The number of hydrogen-bond donors (Lipinski definition) is 0. The Morgan fingerprint density at radius 1 is 1.12 bits per heavy atom. The highest BCUT2D eigenvalue weighted by Gasteiger charge is 2.51. The zero-order valence-corrected chi connectivity index (χ0v) is 9.94. The van der Waals surface area contributed by atoms with Gasteiger partial charge in [-0.1, -0.05) is 0 Å². The topological polar surface area (TPSA) is 44.2 Å². The Morgan fingerprint density at radius 2 is 1.62 bits per heavy atom. The van der Waals surface area contributed by atoms with Crippen molar-refractivity contribution in [1.82, 2.24) is 9.97 Å². The molecule has 0 bridgehead atoms. The van der Waals surface area contributed by atoms with Crippen molar-refractivity contribution in [1.29, 1.82) is 0 Å². The lowest BCUT2D eigenvalue weighted by atomic mass is 9.81. The standard InChI is InChI=1S/C11H17BN2O2/c1-8-13-6-9(7-14-8)12-15-10(2,3)11(4,5)16-12/h6-7H,1-5H3/i1D3. The molecule has 4 nitrogen and oxygen atoms in total. The summed E-state index contributed by atoms with van der Waals surface area (Å²) in [5, 5.41) is 0. The third-order valence-corrected chi connectivity index (χ3v) is 3.20. The van der Waals surface area contributed by atoms with Crippen LogP contribution in [-0.2, 0) is 9.31 Å². The predicted octanol–water partition coefficient (Wildman–Crippen LogP) is 1.08. The van der Waals surface area contributed by atoms with E-state index in [0.29, 0.717) is 5.46 Å². The minimum absolute atomic E-state index is 0.173. The largest absolute Gasteiger partial charge is 0.498 e. The fraction of sp³-hybridized carbons (Fsp3) is 0.636. The monoisotopic (exact) mass is 223 g/mol. The molecule has 1 saturated heterocycles. The predicted molar refractivity (Wildman–Crippen MR) is 62.5 cm³/mol. The van der Waals surface area contributed by atoms with Crippen molar-refractivity contribution < 1.29 is 13.4 Å². The number of rotatable bonds is 1. The highest BCUT2D eigenvalue weighted by Crippen LogP contribution is 2.36. The van der Waals surface area contributed by atoms with Crippen LogP contribution in [0.25, 0.3) is 0 Å². The summed E-state index contributed by atoms with van der Waals surface area (Å²) in [6.07, 6.45) is 2.88. The van der Waals surface area contributed by atoms with Gasteiger partial charge in [0.05, 0.1) is 11.2 Å². The van der Waals surface area contributed by atoms with Crippen LogP contribution in [-0.4, -0.2) is 28.3 Å². The molecule has 5 heteroatoms. The van der Waals surface area contributed by atoms with Gasteiger partial charge in [-0.05, 0) is 34.5 Å². The number of aryl methyl sites for hydroxylation is 1. The quantitative estimate of drug-likeness (QED) is 0.668. The summed E-state index contributed by atoms with van der Waals surface area (Å²) in [4.78, 5) is 7.71. The van der Waals surface area contributed by atoms with E-state index in [-0.39, 0.29) is 5.82 Å². The number of aromatic nitrogens is 2. The highest BCUT2D eigenvalue weighted by molar-refractivity contribution is 6.61. The molecule has 1 aliphatic rings. The smallest absolute Gasteiger partial charge is 0.399 e. The Morgan fingerprint density at radius 3 is 2.06 bits per heavy atom. The Labute approximate surface area is 101 Å². The summed E-state index contributed by atoms with van der Waals surface area (Å²) >= 11 is 0. The van der Waals surface area contributed by atoms with Gasteiger partial charge >= 0.3 is 7.12 Å². The minimum Gasteiger partial charge on any atom is -0.399 e. The van der Waals surface area contributed by atoms with Crippen LogP contribution in [0.1, 0.15) is 37.6 Å². The van der Waals surface area contributed by atoms with Crippen molar-refractivity contribution >= 4 is 12.6 Å². The summed E-state index contributed by atoms with van der Waals surface area (Å²) in [7, 11) is -0.573. The van der Waals surface area contributed by atoms with Gasteiger partial charge in [0.1, 0.15) is 5.82 Å². The lowest BCUT2D eigenvalue weighted by Gasteiger charge is -2.32. The average molecular weight is 223 g/mol. The summed E-state index contributed by atoms with van der Waals surface area (Å²) in [5.41, 5.74) is -0.271. The Balaban J connectivity index is 2.22. The maximum absolute atomic E-state index is 7.22. The van der Waals surface area contributed by atoms with Gasteiger partial charge in [-0.2, -0.15) is 0 Å². The second-order valence-corrected chi connectivity index (χ2v) is 4.93. The molecule has 0 N–H and O–H groups in total. The van der Waals surface area contributed by atoms with Gasteiger partial charge in [-0.25, -0.2) is 9.97 Å². The summed E-state index contributed by atoms with van der Waals surface area (Å²) in [6.45, 7) is 5.50. The first-order valence-electron chi connectivity index (χ1n) is 6.71. The molecular weight excluding hydrogens is 203 g/mol. The fourth-order valence-electron chi connectivity index (χ4n) is 1.44. The molecule has 1 aliphatic heterocycles. The normalized spacial score (nSPS) is 26.0. The molecule has 1 fully saturated rings. The van der Waals surface area contributed by atoms with E-state index in [1.807, 2.05) is 27.7 Å². The van der Waals surface area contributed by atoms with Crippen molar-refractivity contribution in [2.75, 3.05) is 0 Å². The molecule has 0 atom stereocenters. The Kier molecular flexibility index (Phi) is 1.81. The van der Waals surface area contributed by atoms with Crippen molar-refractivity contribution in [3.8, 4) is 0 Å². The van der Waals surface area contributed by atoms with E-state index in [1.54, 1.807) is 0 Å². The SMILES string of the molecule is [2H]C([2H])([2H])c1ncc(B2OC(C)(C)C(C)(C)O2)cn1. The van der Waals surface area contributed by atoms with Crippen molar-refractivity contribution in [2.24, 2.45) is 0 Å². The summed E-state index contributed by atoms with van der Waals surface area (Å²) in [5.74, 6) is -0.173. The molecule has 2 heterocycles. The zero-order valence-electron chi connectivity index (χ0n) is 12.9. The first-order valence-corrected chi connectivity index (χ1v) is 5.21. The van der Waals surface area contributed by atoms with E-state index in [1.165, 1.54) is 12.4 Å². The first-order chi connectivity index (χ1) is 8.53. The molecule has 2 rings (SSSR count). The first kappa shape index (κ1) is 8.20. The molecule has 0 radical (unpaired) electrons. The Hall–Kier alpha value is -0.935. The second kappa shape index (κ2) is 3.53. The minimum atomic E-state index is -2.30. The fourth-order valence-corrected chi connectivity index (χ4v) is 1.44. The van der Waals surface area contributed by atoms with Crippen LogP contribution in [0.3, 0.4) is 0 Å². The zero-order chi connectivity index (χ0) is 14.5. The van der Waals surface area contributed by atoms with Gasteiger partial charge in [-0.15, -0.1) is 0 Å². The van der Waals surface area contributed by atoms with Crippen molar-refractivity contribution in [2.45, 2.75) is 45.7 Å². The Bertz CT molecular complexity index is 458. The van der Waals surface area contributed by atoms with Gasteiger partial charge < -0.3 is 9.31 Å². The van der Waals surface area contributed by atoms with Crippen LogP contribution in [0.5, 0.6) is 0 Å². The van der Waals surface area contributed by atoms with Gasteiger partial charge in [0.25, 0.3) is 0 Å². The number of nitrogens with zero attached hydrogens (tertiary/aromatic N) is 2. The maximum atomic E-state index is 7.22. The van der Waals surface area contributed by atoms with E-state index in [9.17, 15) is 0 Å². The summed E-state index contributed by atoms with van der Waals surface area (Å²) < 4.78 is 33.3. The molecule has 0 spiro atoms. The number of hydrogen-bond acceptors (Lipinski definition) is 4. The van der Waals surface area contributed by atoms with Crippen LogP contribution in [0.2, 0.25) is 0 Å². The molecule has 1 aromatic heterocycles. The molecule has 0 unspecified atom stereocenters. The molecule has 86 valence electrons. The van der Waals surface area contributed by atoms with E-state index < -0.39 is 25.2 Å². The van der Waals surface area contributed by atoms with Crippen molar-refractivity contribution in [3.05, 3.63) is 18.2 Å². The highest BCUT2D eigenvalue weighted by atomic mass is 16.7. The molecule has 0 aromatic carbocycles. The van der Waals surface area contributed by atoms with E-state index >= 15 is 0 Å². The molecule has 1 aromatic rings. The molecular formula is C11H17BN2O2. The molecule has 0 amide bonds. The molecule has 16 heavy (non-hydrogen) atoms. The van der Waals surface area contributed by atoms with E-state index in [2.05, 4.69) is 9.97 Å². The second-order valence-electron chi connectivity index (χ2n) is 4.93. The average Bonchev–Trinajstić information content (AvgIpc) is 2.47. The molecule has 0 saturated carbocycles. The maximum Gasteiger partial charge on any atom is 0.498 e. The summed E-state index contributed by atoms with van der Waals surface area (Å²) in [6, 6.07) is 0. The van der Waals surface area contributed by atoms with Crippen molar-refractivity contribution in [3.63, 3.8) is 0 Å². The third kappa shape index (κ3) is 1.85. The van der Waals surface area contributed by atoms with Gasteiger partial charge in [0.2, 0.25) is 0 Å².